The summed E-state index contributed by atoms with van der Waals surface area (Å²) in [5.74, 6) is 0.671. The molecule has 6 unspecified atom stereocenters. The van der Waals surface area contributed by atoms with Crippen LogP contribution in [0.25, 0.3) is 33.4 Å². The first-order chi connectivity index (χ1) is 38.0. The van der Waals surface area contributed by atoms with E-state index in [-0.39, 0.29) is 11.7 Å². The third-order valence-electron chi connectivity index (χ3n) is 16.0. The van der Waals surface area contributed by atoms with Crippen LogP contribution in [0, 0.1) is 0 Å². The molecule has 0 amide bonds. The Hall–Kier alpha value is -1.94. The molecule has 6 atom stereocenters. The van der Waals surface area contributed by atoms with Crippen LogP contribution in [0.4, 0.5) is 8.78 Å². The predicted molar refractivity (Wildman–Crippen MR) is 345 cm³/mol. The summed E-state index contributed by atoms with van der Waals surface area (Å²) in [5, 5.41) is 0. The van der Waals surface area contributed by atoms with E-state index in [2.05, 4.69) is 74.6 Å². The van der Waals surface area contributed by atoms with E-state index >= 15 is 8.78 Å². The molecule has 0 bridgehead atoms. The molecule has 0 aliphatic heterocycles. The SMILES string of the molecule is CCCCCCCCCCCCOC1=C(c2ccc(C3=CC(F)=C(c4cc[c]([SnH]([CH3])[CH3])s4)C(N)C3N)s2)C(N)C([NH3+])C(c2ccc(C3=CC(F)=C(c4cc[c]([Sn]([CH3])([CH3])[CH3])s4)C([NH3+])C3N)s2)=C1OCCCCCCCCCCCC. The van der Waals surface area contributed by atoms with Crippen molar-refractivity contribution in [3.8, 4) is 0 Å². The van der Waals surface area contributed by atoms with Gasteiger partial charge < -0.3 is 20.9 Å². The molecular weight excluding hydrogens is 1280 g/mol. The van der Waals surface area contributed by atoms with E-state index in [1.807, 2.05) is 18.2 Å². The molecule has 3 aliphatic rings. The van der Waals surface area contributed by atoms with Crippen LogP contribution in [0.3, 0.4) is 0 Å². The Labute approximate surface area is 500 Å². The number of halogens is 2. The van der Waals surface area contributed by atoms with E-state index in [0.717, 1.165) is 84.5 Å². The Bertz CT molecular complexity index is 2810. The summed E-state index contributed by atoms with van der Waals surface area (Å²) in [6.07, 6.45) is 27.5. The summed E-state index contributed by atoms with van der Waals surface area (Å²) in [7, 11) is 0. The molecule has 8 nitrogen and oxygen atoms in total. The van der Waals surface area contributed by atoms with Crippen molar-refractivity contribution in [2.45, 2.75) is 203 Å². The minimum absolute atomic E-state index is 0.278. The Morgan fingerprint density at radius 2 is 0.848 bits per heavy atom. The summed E-state index contributed by atoms with van der Waals surface area (Å²) in [6, 6.07) is 13.3. The maximum atomic E-state index is 16.5. The zero-order valence-corrected chi connectivity index (χ0v) is 58.2. The molecule has 4 aromatic rings. The molecule has 0 saturated heterocycles. The van der Waals surface area contributed by atoms with Crippen LogP contribution in [-0.2, 0) is 9.47 Å². The van der Waals surface area contributed by atoms with Crippen molar-refractivity contribution in [2.75, 3.05) is 13.2 Å². The van der Waals surface area contributed by atoms with Gasteiger partial charge in [-0.2, -0.15) is 0 Å². The number of quaternary nitrogens is 2. The minimum Gasteiger partial charge on any atom is -0.489 e. The first-order valence-electron chi connectivity index (χ1n) is 30.0. The van der Waals surface area contributed by atoms with Crippen molar-refractivity contribution in [1.82, 2.24) is 0 Å². The number of ether oxygens (including phenoxy) is 2. The van der Waals surface area contributed by atoms with Crippen LogP contribution in [0.2, 0.25) is 24.7 Å². The van der Waals surface area contributed by atoms with Gasteiger partial charge in [0.25, 0.3) is 0 Å². The van der Waals surface area contributed by atoms with Crippen molar-refractivity contribution in [1.29, 1.82) is 0 Å². The Morgan fingerprint density at radius 3 is 1.33 bits per heavy atom. The fourth-order valence-corrected chi connectivity index (χ4v) is 25.4. The number of allylic oxidation sites excluding steroid dienone is 4. The van der Waals surface area contributed by atoms with Crippen LogP contribution in [0.1, 0.15) is 172 Å². The van der Waals surface area contributed by atoms with Gasteiger partial charge in [0.1, 0.15) is 0 Å². The van der Waals surface area contributed by atoms with Crippen molar-refractivity contribution in [3.63, 3.8) is 0 Å². The fraction of sp³-hybridized carbons (Fsp3) is 0.556. The summed E-state index contributed by atoms with van der Waals surface area (Å²) in [4.78, 5) is 17.2. The topological polar surface area (TPSA) is 178 Å². The Kier molecular flexibility index (Phi) is 25.6. The molecule has 7 rings (SSSR count). The molecule has 0 saturated carbocycles. The third-order valence-corrected chi connectivity index (χ3v) is 37.9. The minimum atomic E-state index is -2.38. The molecular formula is C63H96F2N6O2S4Sn2+2. The quantitative estimate of drug-likeness (QED) is 0.0209. The zero-order chi connectivity index (χ0) is 56.8. The molecule has 3 aliphatic carbocycles. The van der Waals surface area contributed by atoms with Gasteiger partial charge in [0.2, 0.25) is 0 Å². The molecule has 434 valence electrons. The van der Waals surface area contributed by atoms with Gasteiger partial charge in [-0.05, 0) is 12.8 Å². The second kappa shape index (κ2) is 31.3. The molecule has 0 fully saturated rings. The number of hydrogen-bond acceptors (Lipinski definition) is 10. The Morgan fingerprint density at radius 1 is 0.456 bits per heavy atom. The van der Waals surface area contributed by atoms with Crippen molar-refractivity contribution in [2.24, 2.45) is 22.9 Å². The maximum absolute atomic E-state index is 16.5. The van der Waals surface area contributed by atoms with Crippen LogP contribution >= 0.6 is 45.3 Å². The molecule has 79 heavy (non-hydrogen) atoms. The molecule has 4 heterocycles. The van der Waals surface area contributed by atoms with Gasteiger partial charge >= 0.3 is 328 Å². The summed E-state index contributed by atoms with van der Waals surface area (Å²) < 4.78 is 49.9. The fourth-order valence-electron chi connectivity index (χ4n) is 11.1. The first kappa shape index (κ1) is 64.6. The second-order valence-electron chi connectivity index (χ2n) is 23.7. The number of nitrogens with two attached hydrogens (primary N) is 4. The van der Waals surface area contributed by atoms with E-state index in [4.69, 9.17) is 38.1 Å². The number of hydrogen-bond donors (Lipinski definition) is 6. The monoisotopic (exact) mass is 1370 g/mol. The van der Waals surface area contributed by atoms with Crippen LogP contribution < -0.4 is 40.2 Å². The zero-order valence-electron chi connectivity index (χ0n) is 48.8. The van der Waals surface area contributed by atoms with E-state index in [1.165, 1.54) is 107 Å². The molecule has 0 aromatic carbocycles. The van der Waals surface area contributed by atoms with E-state index in [9.17, 15) is 0 Å². The average molecular weight is 1370 g/mol. The molecule has 0 spiro atoms. The normalized spacial score (nSPS) is 21.3. The van der Waals surface area contributed by atoms with Gasteiger partial charge in [0.05, 0.1) is 13.2 Å². The van der Waals surface area contributed by atoms with Crippen LogP contribution in [-0.4, -0.2) is 87.6 Å². The molecule has 0 radical (unpaired) electrons. The number of unbranched alkanes of at least 4 members (excludes halogenated alkanes) is 18. The molecule has 16 heteroatoms. The van der Waals surface area contributed by atoms with Gasteiger partial charge in [0.15, 0.2) is 0 Å². The van der Waals surface area contributed by atoms with Gasteiger partial charge in [-0.25, -0.2) is 0 Å². The molecule has 4 aromatic heterocycles. The van der Waals surface area contributed by atoms with Gasteiger partial charge in [-0.3, -0.25) is 0 Å². The Balaban J connectivity index is 1.25. The van der Waals surface area contributed by atoms with Crippen molar-refractivity contribution in [3.05, 3.63) is 113 Å². The predicted octanol–water partition coefficient (Wildman–Crippen LogP) is 13.3. The van der Waals surface area contributed by atoms with Crippen molar-refractivity contribution < 1.29 is 29.7 Å². The van der Waals surface area contributed by atoms with E-state index < -0.39 is 74.4 Å². The standard InChI is InChI=1S/C58H78F2N6O2S4.5CH3.2Sn.H/c1-3-5-7-9-11-13-15-17-19-21-31-67-57-49(45-29-27-41(71-45)37-35-39(59)47(53(63)51(37)61)43-25-23-33-69-43)55(65)56(66)50(58(57)68-32-22-20-18-16-14-12-10-8-6-4-2)46-30-28-42(72-46)38-36-40(60)48(54(64)52(38)62)44-26-24-34-70-44;;;;;;;;/h23-30,35-36,51-56H,3-22,31-32,61-66H2,1-2H3;5*1H3;;;/p+2. The van der Waals surface area contributed by atoms with Crippen LogP contribution in [0.15, 0.2) is 83.9 Å². The van der Waals surface area contributed by atoms with Gasteiger partial charge in [-0.1, -0.05) is 129 Å². The summed E-state index contributed by atoms with van der Waals surface area (Å²) in [6.45, 7) is 5.53. The van der Waals surface area contributed by atoms with Gasteiger partial charge in [0, 0.05) is 0 Å². The van der Waals surface area contributed by atoms with Gasteiger partial charge in [-0.15, -0.1) is 0 Å². The molecule has 14 N–H and O–H groups in total. The number of thiophene rings is 4. The summed E-state index contributed by atoms with van der Waals surface area (Å²) >= 11 is 2.30. The second-order valence-corrected chi connectivity index (χ2v) is 53.0. The first-order valence-corrected chi connectivity index (χ1v) is 51.5. The van der Waals surface area contributed by atoms with E-state index in [0.29, 0.717) is 41.5 Å². The number of rotatable bonds is 32. The summed E-state index contributed by atoms with van der Waals surface area (Å²) in [5.41, 5.74) is 41.9. The van der Waals surface area contributed by atoms with E-state index in [1.54, 1.807) is 46.2 Å². The smallest absolute Gasteiger partial charge is 0.489 e. The third kappa shape index (κ3) is 16.7. The van der Waals surface area contributed by atoms with Crippen LogP contribution in [0.5, 0.6) is 0 Å². The van der Waals surface area contributed by atoms with Crippen molar-refractivity contribution >= 4 is 123 Å². The average Bonchev–Trinajstić information content (AvgIpc) is 4.34.